The fourth-order valence-corrected chi connectivity index (χ4v) is 1.80. The fraction of sp³-hybridized carbons (Fsp3) is 0.429. The van der Waals surface area contributed by atoms with Crippen molar-refractivity contribution in [1.82, 2.24) is 4.90 Å². The van der Waals surface area contributed by atoms with Gasteiger partial charge >= 0.3 is 0 Å². The zero-order valence-corrected chi connectivity index (χ0v) is 13.0. The van der Waals surface area contributed by atoms with E-state index in [1.54, 1.807) is 0 Å². The van der Waals surface area contributed by atoms with Gasteiger partial charge in [-0.1, -0.05) is 53.9 Å². The average molecular weight is 367 g/mol. The standard InChI is InChI=1S/C21H26ClNO/c1-21(17-7-4-3-5-8-17,18-10-12-19(22)13-11-18)24-16-14-20-9-6-15-23(20)2/h3-5,7-8,10-13,20H,6,9,14-16H2,1-2H3/t20-,21-/m1/s1/i1D3,3D,4D,5D,6D2,7D,8D,9D2,10D,11D,12D,13D,14D2,15D2,16D2,20D. The Morgan fingerprint density at radius 3 is 2.67 bits per heavy atom. The second kappa shape index (κ2) is 7.69. The van der Waals surface area contributed by atoms with Crippen molar-refractivity contribution < 1.29 is 36.3 Å². The molecule has 0 bridgehead atoms. The lowest BCUT2D eigenvalue weighted by Crippen LogP contribution is -2.31. The van der Waals surface area contributed by atoms with Crippen LogP contribution in [0, 0.1) is 0 Å². The third-order valence-electron chi connectivity index (χ3n) is 2.91. The third kappa shape index (κ3) is 3.83. The van der Waals surface area contributed by atoms with Crippen molar-refractivity contribution in [2.45, 2.75) is 37.6 Å². The van der Waals surface area contributed by atoms with Gasteiger partial charge in [-0.3, -0.25) is 0 Å². The lowest BCUT2D eigenvalue weighted by atomic mass is 9.88. The van der Waals surface area contributed by atoms with Crippen LogP contribution in [0.1, 0.15) is 68.6 Å². The van der Waals surface area contributed by atoms with Crippen LogP contribution in [0.3, 0.4) is 0 Å². The number of likely N-dealkylation sites (tertiary alicyclic amines) is 1. The molecule has 24 heavy (non-hydrogen) atoms. The first-order valence-corrected chi connectivity index (χ1v) is 6.87. The highest BCUT2D eigenvalue weighted by atomic mass is 35.5. The van der Waals surface area contributed by atoms with Crippen molar-refractivity contribution in [3.63, 3.8) is 0 Å². The van der Waals surface area contributed by atoms with Crippen LogP contribution < -0.4 is 0 Å². The predicted molar refractivity (Wildman–Crippen MR) is 101 cm³/mol. The van der Waals surface area contributed by atoms with E-state index in [-0.39, 0.29) is 4.90 Å². The van der Waals surface area contributed by atoms with E-state index in [1.165, 1.54) is 0 Å². The van der Waals surface area contributed by atoms with Crippen molar-refractivity contribution >= 4 is 11.6 Å². The Kier molecular flexibility index (Phi) is 1.50. The minimum atomic E-state index is -4.51. The number of hydrogen-bond acceptors (Lipinski definition) is 2. The van der Waals surface area contributed by atoms with Gasteiger partial charge in [-0.25, -0.2) is 0 Å². The Morgan fingerprint density at radius 1 is 1.33 bits per heavy atom. The summed E-state index contributed by atoms with van der Waals surface area (Å²) in [5.74, 6) is 0. The highest BCUT2D eigenvalue weighted by Crippen LogP contribution is 2.34. The molecule has 0 N–H and O–H groups in total. The number of benzene rings is 2. The minimum Gasteiger partial charge on any atom is -0.366 e. The average Bonchev–Trinajstić information content (AvgIpc) is 3.01. The molecule has 1 aliphatic heterocycles. The topological polar surface area (TPSA) is 12.5 Å². The van der Waals surface area contributed by atoms with Gasteiger partial charge in [0.25, 0.3) is 0 Å². The Hall–Kier alpha value is -1.35. The first-order valence-electron chi connectivity index (χ1n) is 18.0. The normalized spacial score (nSPS) is 45.8. The molecule has 0 spiro atoms. The summed E-state index contributed by atoms with van der Waals surface area (Å²) >= 11 is 5.88. The van der Waals surface area contributed by atoms with Crippen molar-refractivity contribution in [2.24, 2.45) is 0 Å². The number of hydrogen-bond donors (Lipinski definition) is 0. The van der Waals surface area contributed by atoms with Crippen molar-refractivity contribution in [1.29, 1.82) is 0 Å². The highest BCUT2D eigenvalue weighted by Gasteiger charge is 2.30. The van der Waals surface area contributed by atoms with Gasteiger partial charge in [-0.05, 0) is 62.7 Å². The monoisotopic (exact) mass is 366 g/mol. The van der Waals surface area contributed by atoms with E-state index in [0.29, 0.717) is 7.05 Å². The smallest absolute Gasteiger partial charge is 0.115 e. The molecule has 1 fully saturated rings. The molecule has 0 radical (unpaired) electrons. The fourth-order valence-electron chi connectivity index (χ4n) is 1.70. The molecule has 0 unspecified atom stereocenters. The van der Waals surface area contributed by atoms with E-state index < -0.39 is 121 Å². The van der Waals surface area contributed by atoms with Gasteiger partial charge in [-0.2, -0.15) is 0 Å². The zero-order valence-electron chi connectivity index (χ0n) is 35.2. The molecule has 2 nitrogen and oxygen atoms in total. The van der Waals surface area contributed by atoms with Gasteiger partial charge < -0.3 is 9.64 Å². The van der Waals surface area contributed by atoms with Crippen LogP contribution in [0.2, 0.25) is 5.02 Å². The summed E-state index contributed by atoms with van der Waals surface area (Å²) in [6.45, 7) is -12.2. The predicted octanol–water partition coefficient (Wildman–Crippen LogP) is 5.10. The third-order valence-corrected chi connectivity index (χ3v) is 3.10. The summed E-state index contributed by atoms with van der Waals surface area (Å²) in [5.41, 5.74) is -7.15. The molecule has 128 valence electrons. The molecule has 1 heterocycles. The molecule has 2 aromatic carbocycles. The van der Waals surface area contributed by atoms with Gasteiger partial charge in [0.2, 0.25) is 0 Å². The van der Waals surface area contributed by atoms with Gasteiger partial charge in [-0.15, -0.1) is 0 Å². The van der Waals surface area contributed by atoms with Gasteiger partial charge in [0, 0.05) is 34.0 Å². The van der Waals surface area contributed by atoms with Gasteiger partial charge in [0.1, 0.15) is 5.60 Å². The molecule has 3 rings (SSSR count). The number of rotatable bonds is 6. The Morgan fingerprint density at radius 2 is 2.04 bits per heavy atom. The van der Waals surface area contributed by atoms with Crippen LogP contribution in [0.5, 0.6) is 0 Å². The largest absolute Gasteiger partial charge is 0.366 e. The summed E-state index contributed by atoms with van der Waals surface area (Å²) in [6.07, 6.45) is -12.1. The summed E-state index contributed by atoms with van der Waals surface area (Å²) in [4.78, 5) is -0.110. The van der Waals surface area contributed by atoms with E-state index in [4.69, 9.17) is 47.9 Å². The maximum Gasteiger partial charge on any atom is 0.115 e. The Balaban J connectivity index is 2.66. The lowest BCUT2D eigenvalue weighted by molar-refractivity contribution is -0.0117. The first kappa shape index (κ1) is 4.68. The minimum absolute atomic E-state index is 0.110. The molecule has 0 saturated carbocycles. The van der Waals surface area contributed by atoms with E-state index >= 15 is 0 Å². The molecule has 0 aliphatic carbocycles. The van der Waals surface area contributed by atoms with Crippen molar-refractivity contribution in [2.75, 3.05) is 20.1 Å². The van der Waals surface area contributed by atoms with Gasteiger partial charge in [0.15, 0.2) is 0 Å². The van der Waals surface area contributed by atoms with Crippen LogP contribution in [-0.4, -0.2) is 31.0 Å². The van der Waals surface area contributed by atoms with Crippen LogP contribution in [0.15, 0.2) is 54.4 Å². The summed E-state index contributed by atoms with van der Waals surface area (Å²) < 4.78 is 198. The number of halogens is 1. The van der Waals surface area contributed by atoms with Gasteiger partial charge in [0.05, 0.1) is 15.1 Å². The van der Waals surface area contributed by atoms with Crippen LogP contribution in [-0.2, 0) is 10.3 Å². The second-order valence-electron chi connectivity index (χ2n) is 4.47. The lowest BCUT2D eigenvalue weighted by Gasteiger charge is -2.32. The maximum absolute atomic E-state index is 8.82. The molecule has 0 aromatic heterocycles. The van der Waals surface area contributed by atoms with Crippen molar-refractivity contribution in [3.8, 4) is 0 Å². The highest BCUT2D eigenvalue weighted by molar-refractivity contribution is 6.30. The van der Waals surface area contributed by atoms with Crippen LogP contribution in [0.25, 0.3) is 0 Å². The SMILES string of the molecule is [2H]c1c([2H])c([2H])c([C@@](OC([2H])([2H])C([2H])([2H])[C@]2([2H])N(C)C([2H])([2H])C([2H])([2H])C2([2H])[2H])(c2c([2H])c([2H])c(Cl)c([2H])c2[2H])C([2H])([2H])[2H])c([2H])c1[2H]. The Bertz CT molecular complexity index is 1510. The second-order valence-corrected chi connectivity index (χ2v) is 4.85. The number of ether oxygens (including phenoxy) is 1. The molecular weight excluding hydrogens is 318 g/mol. The quantitative estimate of drug-likeness (QED) is 0.704. The summed E-state index contributed by atoms with van der Waals surface area (Å²) in [6, 6.07) is -15.6. The van der Waals surface area contributed by atoms with E-state index in [1.807, 2.05) is 0 Å². The maximum atomic E-state index is 8.82. The molecule has 0 amide bonds. The van der Waals surface area contributed by atoms with Crippen LogP contribution in [0.4, 0.5) is 0 Å². The van der Waals surface area contributed by atoms with E-state index in [9.17, 15) is 0 Å². The van der Waals surface area contributed by atoms with E-state index in [2.05, 4.69) is 0 Å². The molecule has 1 aliphatic rings. The molecule has 1 saturated heterocycles. The van der Waals surface area contributed by atoms with E-state index in [0.717, 1.165) is 0 Å². The summed E-state index contributed by atoms with van der Waals surface area (Å²) in [5, 5.41) is -0.891. The molecule has 2 aromatic rings. The summed E-state index contributed by atoms with van der Waals surface area (Å²) in [7, 11) is 0.553. The Labute approximate surface area is 182 Å². The molecular formula is C21H26ClNO. The molecule has 3 heteroatoms. The number of nitrogens with zero attached hydrogens (tertiary/aromatic N) is 1. The van der Waals surface area contributed by atoms with Crippen LogP contribution >= 0.6 is 11.6 Å². The van der Waals surface area contributed by atoms with Crippen molar-refractivity contribution in [3.05, 3.63) is 70.5 Å². The zero-order chi connectivity index (χ0) is 37.2. The molecule has 2 atom stereocenters. The first-order chi connectivity index (χ1) is 20.7.